The van der Waals surface area contributed by atoms with Crippen LogP contribution in [0.2, 0.25) is 0 Å². The first kappa shape index (κ1) is 23.0. The standard InChI is InChI=1S/C27H34N4O2/c1-4-13-27(2)14-6-5-7-21(18-27)31(3)25-11-10-23(29-30-25)22-9-8-19(16-24(22)32)20-12-15-28-26(33)17-20/h8-12,15-17,21,32H,4-7,13-14,18H2,1-3H3,(H,28,33)/t21-,27+/m0/s1. The highest BCUT2D eigenvalue weighted by atomic mass is 16.3. The lowest BCUT2D eigenvalue weighted by Crippen LogP contribution is -2.36. The molecule has 1 aromatic carbocycles. The molecule has 0 saturated heterocycles. The van der Waals surface area contributed by atoms with Gasteiger partial charge in [0.05, 0.1) is 5.69 Å². The molecule has 0 bridgehead atoms. The number of phenolic OH excluding ortho intramolecular Hbond substituents is 1. The van der Waals surface area contributed by atoms with Crippen LogP contribution >= 0.6 is 0 Å². The summed E-state index contributed by atoms with van der Waals surface area (Å²) in [5.41, 5.74) is 2.99. The van der Waals surface area contributed by atoms with E-state index in [2.05, 4.69) is 41.0 Å². The molecule has 0 aliphatic heterocycles. The van der Waals surface area contributed by atoms with Crippen molar-refractivity contribution in [2.75, 3.05) is 11.9 Å². The Labute approximate surface area is 195 Å². The lowest BCUT2D eigenvalue weighted by molar-refractivity contribution is 0.238. The molecule has 33 heavy (non-hydrogen) atoms. The van der Waals surface area contributed by atoms with E-state index in [4.69, 9.17) is 0 Å². The molecular formula is C27H34N4O2. The van der Waals surface area contributed by atoms with Gasteiger partial charge in [0, 0.05) is 30.9 Å². The first-order valence-electron chi connectivity index (χ1n) is 12.0. The second-order valence-corrected chi connectivity index (χ2v) is 9.73. The zero-order valence-electron chi connectivity index (χ0n) is 19.8. The molecule has 1 saturated carbocycles. The van der Waals surface area contributed by atoms with Crippen molar-refractivity contribution in [2.24, 2.45) is 5.41 Å². The van der Waals surface area contributed by atoms with Gasteiger partial charge in [-0.3, -0.25) is 4.79 Å². The van der Waals surface area contributed by atoms with Crippen LogP contribution in [0.25, 0.3) is 22.4 Å². The topological polar surface area (TPSA) is 82.1 Å². The maximum Gasteiger partial charge on any atom is 0.248 e. The van der Waals surface area contributed by atoms with Crippen LogP contribution < -0.4 is 10.5 Å². The number of phenols is 1. The van der Waals surface area contributed by atoms with Gasteiger partial charge in [-0.05, 0) is 72.6 Å². The van der Waals surface area contributed by atoms with Crippen LogP contribution in [0.15, 0.2) is 53.5 Å². The number of hydrogen-bond donors (Lipinski definition) is 2. The van der Waals surface area contributed by atoms with Crippen molar-refractivity contribution in [3.8, 4) is 28.1 Å². The monoisotopic (exact) mass is 446 g/mol. The van der Waals surface area contributed by atoms with Crippen molar-refractivity contribution in [1.82, 2.24) is 15.2 Å². The average Bonchev–Trinajstić information content (AvgIpc) is 3.00. The van der Waals surface area contributed by atoms with Crippen LogP contribution in [0.5, 0.6) is 5.75 Å². The maximum absolute atomic E-state index is 11.6. The number of nitrogens with one attached hydrogen (secondary N) is 1. The maximum atomic E-state index is 11.6. The van der Waals surface area contributed by atoms with E-state index in [-0.39, 0.29) is 11.3 Å². The SMILES string of the molecule is CCC[C@]1(C)CCCC[C@H](N(C)c2ccc(-c3ccc(-c4cc[nH]c(=O)c4)cc3O)nn2)C1. The highest BCUT2D eigenvalue weighted by Gasteiger charge is 2.32. The molecule has 0 amide bonds. The van der Waals surface area contributed by atoms with Crippen molar-refractivity contribution in [2.45, 2.75) is 64.8 Å². The zero-order valence-corrected chi connectivity index (χ0v) is 19.8. The quantitative estimate of drug-likeness (QED) is 0.469. The van der Waals surface area contributed by atoms with Crippen molar-refractivity contribution < 1.29 is 5.11 Å². The number of aromatic amines is 1. The minimum atomic E-state index is -0.176. The van der Waals surface area contributed by atoms with Gasteiger partial charge in [-0.25, -0.2) is 0 Å². The van der Waals surface area contributed by atoms with E-state index in [9.17, 15) is 9.90 Å². The summed E-state index contributed by atoms with van der Waals surface area (Å²) in [7, 11) is 2.12. The average molecular weight is 447 g/mol. The molecule has 2 N–H and O–H groups in total. The number of aromatic hydroxyl groups is 1. The molecule has 1 aliphatic rings. The number of hydrogen-bond acceptors (Lipinski definition) is 5. The van der Waals surface area contributed by atoms with Crippen molar-refractivity contribution in [1.29, 1.82) is 0 Å². The third-order valence-electron chi connectivity index (χ3n) is 7.09. The molecule has 6 nitrogen and oxygen atoms in total. The van der Waals surface area contributed by atoms with Crippen molar-refractivity contribution in [3.63, 3.8) is 0 Å². The molecule has 4 rings (SSSR count). The number of anilines is 1. The van der Waals surface area contributed by atoms with E-state index < -0.39 is 0 Å². The predicted molar refractivity (Wildman–Crippen MR) is 133 cm³/mol. The van der Waals surface area contributed by atoms with Crippen LogP contribution in [-0.4, -0.2) is 33.4 Å². The number of rotatable bonds is 6. The van der Waals surface area contributed by atoms with Gasteiger partial charge < -0.3 is 15.0 Å². The minimum Gasteiger partial charge on any atom is -0.507 e. The van der Waals surface area contributed by atoms with Crippen LogP contribution in [0.1, 0.15) is 58.8 Å². The number of benzene rings is 1. The summed E-state index contributed by atoms with van der Waals surface area (Å²) in [6.07, 6.45) is 10.3. The number of H-pyrrole nitrogens is 1. The summed E-state index contributed by atoms with van der Waals surface area (Å²) in [4.78, 5) is 16.5. The fourth-order valence-corrected chi connectivity index (χ4v) is 5.26. The molecule has 1 fully saturated rings. The second kappa shape index (κ2) is 9.77. The number of pyridine rings is 1. The van der Waals surface area contributed by atoms with Gasteiger partial charge >= 0.3 is 0 Å². The van der Waals surface area contributed by atoms with E-state index in [1.807, 2.05) is 24.3 Å². The van der Waals surface area contributed by atoms with Gasteiger partial charge in [-0.2, -0.15) is 0 Å². The normalized spacial score (nSPS) is 20.9. The molecule has 2 aromatic heterocycles. The summed E-state index contributed by atoms with van der Waals surface area (Å²) in [5, 5.41) is 19.6. The second-order valence-electron chi connectivity index (χ2n) is 9.73. The molecule has 0 spiro atoms. The van der Waals surface area contributed by atoms with Crippen LogP contribution in [0.3, 0.4) is 0 Å². The smallest absolute Gasteiger partial charge is 0.248 e. The van der Waals surface area contributed by atoms with Gasteiger partial charge in [0.2, 0.25) is 5.56 Å². The zero-order chi connectivity index (χ0) is 23.4. The Kier molecular flexibility index (Phi) is 6.82. The molecule has 174 valence electrons. The summed E-state index contributed by atoms with van der Waals surface area (Å²) in [6, 6.07) is 13.1. The molecule has 2 atom stereocenters. The molecule has 2 heterocycles. The van der Waals surface area contributed by atoms with Gasteiger partial charge in [0.1, 0.15) is 5.75 Å². The van der Waals surface area contributed by atoms with E-state index >= 15 is 0 Å². The molecular weight excluding hydrogens is 412 g/mol. The van der Waals surface area contributed by atoms with Gasteiger partial charge in [0.25, 0.3) is 0 Å². The molecule has 1 aliphatic carbocycles. The Bertz CT molecular complexity index is 1140. The molecule has 6 heteroatoms. The van der Waals surface area contributed by atoms with E-state index in [1.165, 1.54) is 51.0 Å². The highest BCUT2D eigenvalue weighted by molar-refractivity contribution is 5.74. The number of nitrogens with zero attached hydrogens (tertiary/aromatic N) is 3. The molecule has 3 aromatic rings. The predicted octanol–water partition coefficient (Wildman–Crippen LogP) is 5.78. The largest absolute Gasteiger partial charge is 0.507 e. The summed E-state index contributed by atoms with van der Waals surface area (Å²) >= 11 is 0. The summed E-state index contributed by atoms with van der Waals surface area (Å²) < 4.78 is 0. The van der Waals surface area contributed by atoms with E-state index in [1.54, 1.807) is 18.3 Å². The fraction of sp³-hybridized carbons (Fsp3) is 0.444. The molecule has 0 unspecified atom stereocenters. The van der Waals surface area contributed by atoms with Gasteiger partial charge in [-0.15, -0.1) is 10.2 Å². The third kappa shape index (κ3) is 5.27. The lowest BCUT2D eigenvalue weighted by Gasteiger charge is -2.35. The Hall–Kier alpha value is -3.15. The van der Waals surface area contributed by atoms with Gasteiger partial charge in [-0.1, -0.05) is 39.2 Å². The van der Waals surface area contributed by atoms with Crippen LogP contribution in [0, 0.1) is 5.41 Å². The minimum absolute atomic E-state index is 0.113. The fourth-order valence-electron chi connectivity index (χ4n) is 5.26. The van der Waals surface area contributed by atoms with Crippen LogP contribution in [0.4, 0.5) is 5.82 Å². The van der Waals surface area contributed by atoms with E-state index in [0.717, 1.165) is 16.9 Å². The van der Waals surface area contributed by atoms with Crippen LogP contribution in [-0.2, 0) is 0 Å². The first-order chi connectivity index (χ1) is 15.9. The van der Waals surface area contributed by atoms with Gasteiger partial charge in [0.15, 0.2) is 5.82 Å². The Balaban J connectivity index is 1.52. The highest BCUT2D eigenvalue weighted by Crippen LogP contribution is 2.40. The Morgan fingerprint density at radius 3 is 2.64 bits per heavy atom. The Morgan fingerprint density at radius 1 is 1.12 bits per heavy atom. The van der Waals surface area contributed by atoms with Crippen molar-refractivity contribution in [3.05, 3.63) is 59.0 Å². The molecule has 0 radical (unpaired) electrons. The summed E-state index contributed by atoms with van der Waals surface area (Å²) in [5.74, 6) is 0.978. The number of aromatic nitrogens is 3. The third-order valence-corrected chi connectivity index (χ3v) is 7.09. The van der Waals surface area contributed by atoms with Crippen molar-refractivity contribution >= 4 is 5.82 Å². The summed E-state index contributed by atoms with van der Waals surface area (Å²) in [6.45, 7) is 4.72. The lowest BCUT2D eigenvalue weighted by atomic mass is 9.77. The Morgan fingerprint density at radius 2 is 1.94 bits per heavy atom. The first-order valence-corrected chi connectivity index (χ1v) is 12.0. The van der Waals surface area contributed by atoms with E-state index in [0.29, 0.717) is 22.7 Å².